The molecule has 0 N–H and O–H groups in total. The van der Waals surface area contributed by atoms with Crippen molar-refractivity contribution < 1.29 is 14.5 Å². The molecule has 6 nitrogen and oxygen atoms in total. The summed E-state index contributed by atoms with van der Waals surface area (Å²) in [5.74, 6) is -0.0138. The largest absolute Gasteiger partial charge is 0.373 e. The van der Waals surface area contributed by atoms with E-state index in [0.717, 1.165) is 17.5 Å². The number of rotatable bonds is 5. The number of nitrogens with zero attached hydrogens (tertiary/aromatic N) is 2. The third-order valence-corrected chi connectivity index (χ3v) is 4.45. The van der Waals surface area contributed by atoms with Crippen molar-refractivity contribution in [2.75, 3.05) is 13.7 Å². The number of ether oxygens (including phenoxy) is 1. The van der Waals surface area contributed by atoms with Crippen molar-refractivity contribution in [1.29, 1.82) is 0 Å². The number of amides is 1. The van der Waals surface area contributed by atoms with Gasteiger partial charge in [-0.1, -0.05) is 36.4 Å². The normalized spacial score (nSPS) is 16.1. The van der Waals surface area contributed by atoms with E-state index in [4.69, 9.17) is 4.74 Å². The van der Waals surface area contributed by atoms with Crippen LogP contribution >= 0.6 is 0 Å². The van der Waals surface area contributed by atoms with E-state index in [0.29, 0.717) is 19.6 Å². The van der Waals surface area contributed by atoms with Gasteiger partial charge in [-0.25, -0.2) is 0 Å². The molecule has 0 aliphatic carbocycles. The molecule has 25 heavy (non-hydrogen) atoms. The standard InChI is InChI=1S/C19H20N2O4/c1-20(13-14-6-8-16(9-7-14)21(23)24)19(22)12-18-17-5-3-2-4-15(17)10-11-25-18/h2-9,18H,10-13H2,1H3/t18-/m1/s1. The summed E-state index contributed by atoms with van der Waals surface area (Å²) in [6.45, 7) is 1.03. The quantitative estimate of drug-likeness (QED) is 0.618. The summed E-state index contributed by atoms with van der Waals surface area (Å²) >= 11 is 0. The van der Waals surface area contributed by atoms with Gasteiger partial charge in [-0.15, -0.1) is 0 Å². The van der Waals surface area contributed by atoms with E-state index >= 15 is 0 Å². The van der Waals surface area contributed by atoms with Crippen LogP contribution in [-0.2, 0) is 22.5 Å². The topological polar surface area (TPSA) is 72.7 Å². The van der Waals surface area contributed by atoms with E-state index in [1.807, 2.05) is 18.2 Å². The minimum atomic E-state index is -0.434. The van der Waals surface area contributed by atoms with Gasteiger partial charge in [0.2, 0.25) is 5.91 Å². The smallest absolute Gasteiger partial charge is 0.269 e. The maximum absolute atomic E-state index is 12.5. The second-order valence-electron chi connectivity index (χ2n) is 6.19. The van der Waals surface area contributed by atoms with Gasteiger partial charge in [0, 0.05) is 25.7 Å². The Morgan fingerprint density at radius 1 is 1.24 bits per heavy atom. The summed E-state index contributed by atoms with van der Waals surface area (Å²) in [6.07, 6.45) is 0.955. The van der Waals surface area contributed by atoms with Crippen molar-refractivity contribution in [2.24, 2.45) is 0 Å². The van der Waals surface area contributed by atoms with Crippen LogP contribution in [0.25, 0.3) is 0 Å². The lowest BCUT2D eigenvalue weighted by Gasteiger charge is -2.27. The Morgan fingerprint density at radius 2 is 1.96 bits per heavy atom. The van der Waals surface area contributed by atoms with Crippen LogP contribution in [0.2, 0.25) is 0 Å². The molecule has 0 unspecified atom stereocenters. The highest BCUT2D eigenvalue weighted by Gasteiger charge is 2.24. The van der Waals surface area contributed by atoms with Crippen LogP contribution in [0.5, 0.6) is 0 Å². The Bertz CT molecular complexity index is 773. The molecule has 0 saturated heterocycles. The first kappa shape index (κ1) is 17.1. The van der Waals surface area contributed by atoms with Gasteiger partial charge in [-0.05, 0) is 23.1 Å². The molecule has 0 saturated carbocycles. The summed E-state index contributed by atoms with van der Waals surface area (Å²) in [5, 5.41) is 10.7. The molecule has 2 aromatic rings. The second-order valence-corrected chi connectivity index (χ2v) is 6.19. The van der Waals surface area contributed by atoms with E-state index in [-0.39, 0.29) is 17.7 Å². The van der Waals surface area contributed by atoms with Gasteiger partial charge in [0.1, 0.15) is 0 Å². The molecule has 1 amide bonds. The molecule has 0 fully saturated rings. The van der Waals surface area contributed by atoms with Gasteiger partial charge >= 0.3 is 0 Å². The molecule has 130 valence electrons. The first-order valence-corrected chi connectivity index (χ1v) is 8.21. The molecule has 1 aliphatic rings. The monoisotopic (exact) mass is 340 g/mol. The van der Waals surface area contributed by atoms with E-state index < -0.39 is 4.92 Å². The van der Waals surface area contributed by atoms with E-state index in [1.165, 1.54) is 17.7 Å². The number of carbonyl (C=O) groups excluding carboxylic acids is 1. The van der Waals surface area contributed by atoms with Crippen LogP contribution in [0.3, 0.4) is 0 Å². The van der Waals surface area contributed by atoms with Gasteiger partial charge in [-0.2, -0.15) is 0 Å². The van der Waals surface area contributed by atoms with Crippen molar-refractivity contribution in [3.63, 3.8) is 0 Å². The molecular weight excluding hydrogens is 320 g/mol. The number of benzene rings is 2. The fourth-order valence-electron chi connectivity index (χ4n) is 3.05. The lowest BCUT2D eigenvalue weighted by atomic mass is 9.95. The van der Waals surface area contributed by atoms with Crippen LogP contribution in [0.4, 0.5) is 5.69 Å². The Balaban J connectivity index is 1.62. The minimum Gasteiger partial charge on any atom is -0.373 e. The molecule has 0 spiro atoms. The van der Waals surface area contributed by atoms with Gasteiger partial charge in [0.05, 0.1) is 24.1 Å². The maximum atomic E-state index is 12.5. The number of nitro benzene ring substituents is 1. The van der Waals surface area contributed by atoms with Gasteiger partial charge in [0.25, 0.3) is 5.69 Å². The summed E-state index contributed by atoms with van der Waals surface area (Å²) in [5.41, 5.74) is 3.23. The Morgan fingerprint density at radius 3 is 2.68 bits per heavy atom. The summed E-state index contributed by atoms with van der Waals surface area (Å²) in [4.78, 5) is 24.4. The molecule has 6 heteroatoms. The van der Waals surface area contributed by atoms with Crippen LogP contribution in [0.15, 0.2) is 48.5 Å². The number of hydrogen-bond donors (Lipinski definition) is 0. The zero-order valence-electron chi connectivity index (χ0n) is 14.1. The minimum absolute atomic E-state index is 0.0138. The van der Waals surface area contributed by atoms with Crippen LogP contribution in [-0.4, -0.2) is 29.4 Å². The van der Waals surface area contributed by atoms with E-state index in [9.17, 15) is 14.9 Å². The molecule has 1 heterocycles. The lowest BCUT2D eigenvalue weighted by molar-refractivity contribution is -0.384. The third-order valence-electron chi connectivity index (χ3n) is 4.45. The van der Waals surface area contributed by atoms with Gasteiger partial charge < -0.3 is 9.64 Å². The van der Waals surface area contributed by atoms with Crippen molar-refractivity contribution in [3.05, 3.63) is 75.3 Å². The molecule has 1 atom stereocenters. The molecule has 3 rings (SSSR count). The highest BCUT2D eigenvalue weighted by molar-refractivity contribution is 5.76. The fraction of sp³-hybridized carbons (Fsp3) is 0.316. The third kappa shape index (κ3) is 4.03. The van der Waals surface area contributed by atoms with Crippen molar-refractivity contribution in [1.82, 2.24) is 4.90 Å². The van der Waals surface area contributed by atoms with Crippen molar-refractivity contribution in [2.45, 2.75) is 25.5 Å². The number of carbonyl (C=O) groups is 1. The molecule has 2 aromatic carbocycles. The predicted octanol–water partition coefficient (Wildman–Crippen LogP) is 3.26. The highest BCUT2D eigenvalue weighted by Crippen LogP contribution is 2.30. The average Bonchev–Trinajstić information content (AvgIpc) is 2.62. The number of fused-ring (bicyclic) bond motifs is 1. The summed E-state index contributed by atoms with van der Waals surface area (Å²) in [7, 11) is 1.73. The van der Waals surface area contributed by atoms with Crippen molar-refractivity contribution in [3.8, 4) is 0 Å². The highest BCUT2D eigenvalue weighted by atomic mass is 16.6. The fourth-order valence-corrected chi connectivity index (χ4v) is 3.05. The lowest BCUT2D eigenvalue weighted by Crippen LogP contribution is -2.29. The average molecular weight is 340 g/mol. The number of nitro groups is 1. The van der Waals surface area contributed by atoms with Crippen molar-refractivity contribution >= 4 is 11.6 Å². The molecule has 1 aliphatic heterocycles. The first-order chi connectivity index (χ1) is 12.0. The van der Waals surface area contributed by atoms with Crippen LogP contribution in [0, 0.1) is 10.1 Å². The SMILES string of the molecule is CN(Cc1ccc([N+](=O)[O-])cc1)C(=O)C[C@H]1OCCc2ccccc21. The first-order valence-electron chi connectivity index (χ1n) is 8.21. The summed E-state index contributed by atoms with van der Waals surface area (Å²) in [6, 6.07) is 14.3. The van der Waals surface area contributed by atoms with E-state index in [2.05, 4.69) is 6.07 Å². The Hall–Kier alpha value is -2.73. The zero-order valence-corrected chi connectivity index (χ0v) is 14.1. The second kappa shape index (κ2) is 7.44. The molecular formula is C19H20N2O4. The van der Waals surface area contributed by atoms with Crippen LogP contribution < -0.4 is 0 Å². The Labute approximate surface area is 146 Å². The number of hydrogen-bond acceptors (Lipinski definition) is 4. The Kier molecular flexibility index (Phi) is 5.09. The van der Waals surface area contributed by atoms with Crippen LogP contribution in [0.1, 0.15) is 29.2 Å². The zero-order chi connectivity index (χ0) is 17.8. The summed E-state index contributed by atoms with van der Waals surface area (Å²) < 4.78 is 5.80. The molecule has 0 bridgehead atoms. The molecule has 0 aromatic heterocycles. The van der Waals surface area contributed by atoms with Gasteiger partial charge in [-0.3, -0.25) is 14.9 Å². The molecule has 0 radical (unpaired) electrons. The number of non-ortho nitro benzene ring substituents is 1. The maximum Gasteiger partial charge on any atom is 0.269 e. The van der Waals surface area contributed by atoms with E-state index in [1.54, 1.807) is 24.1 Å². The predicted molar refractivity (Wildman–Crippen MR) is 93.0 cm³/mol. The van der Waals surface area contributed by atoms with Gasteiger partial charge in [0.15, 0.2) is 0 Å².